The lowest BCUT2D eigenvalue weighted by Crippen LogP contribution is -2.14. The number of hydrogen-bond donors (Lipinski definition) is 0. The first-order chi connectivity index (χ1) is 14.4. The van der Waals surface area contributed by atoms with Crippen LogP contribution < -0.4 is 0 Å². The van der Waals surface area contributed by atoms with Crippen molar-refractivity contribution in [3.63, 3.8) is 0 Å². The van der Waals surface area contributed by atoms with Crippen molar-refractivity contribution in [2.45, 2.75) is 39.0 Å². The summed E-state index contributed by atoms with van der Waals surface area (Å²) < 4.78 is 37.8. The zero-order chi connectivity index (χ0) is 21.1. The zero-order valence-corrected chi connectivity index (χ0v) is 19.1. The van der Waals surface area contributed by atoms with Gasteiger partial charge in [0.25, 0.3) is 0 Å². The van der Waals surface area contributed by atoms with Gasteiger partial charge in [-0.05, 0) is 6.42 Å². The molecule has 0 bridgehead atoms. The Hall–Kier alpha value is 0.01000. The van der Waals surface area contributed by atoms with Crippen LogP contribution in [0.4, 0.5) is 0 Å². The van der Waals surface area contributed by atoms with Gasteiger partial charge < -0.3 is 33.2 Å². The summed E-state index contributed by atoms with van der Waals surface area (Å²) in [5.74, 6) is 0.511. The highest BCUT2D eigenvalue weighted by Gasteiger charge is 1.95. The fourth-order valence-electron chi connectivity index (χ4n) is 2.28. The molecule has 0 spiro atoms. The summed E-state index contributed by atoms with van der Waals surface area (Å²) >= 11 is 5.49. The van der Waals surface area contributed by atoms with Crippen molar-refractivity contribution in [3.05, 3.63) is 0 Å². The van der Waals surface area contributed by atoms with Crippen LogP contribution in [0.3, 0.4) is 0 Å². The molecule has 0 aromatic carbocycles. The second-order valence-electron chi connectivity index (χ2n) is 6.39. The summed E-state index contributed by atoms with van der Waals surface area (Å²) in [6, 6.07) is 0. The predicted molar refractivity (Wildman–Crippen MR) is 115 cm³/mol. The Morgan fingerprint density at radius 2 is 0.690 bits per heavy atom. The van der Waals surface area contributed by atoms with Gasteiger partial charge in [-0.15, -0.1) is 11.6 Å². The number of ether oxygens (including phenoxy) is 7. The van der Waals surface area contributed by atoms with Gasteiger partial charge >= 0.3 is 0 Å². The fourth-order valence-corrected chi connectivity index (χ4v) is 2.39. The standard InChI is InChI=1S/C21H43ClO7/c1-2-3-4-5-6-8-23-10-12-25-14-16-27-18-20-29-21-19-28-17-15-26-13-11-24-9-7-22/h2-21H2,1H3. The van der Waals surface area contributed by atoms with Gasteiger partial charge in [0.15, 0.2) is 0 Å². The van der Waals surface area contributed by atoms with Gasteiger partial charge in [0.2, 0.25) is 0 Å². The maximum atomic E-state index is 5.53. The molecule has 0 amide bonds. The minimum atomic E-state index is 0.511. The summed E-state index contributed by atoms with van der Waals surface area (Å²) in [6.07, 6.45) is 6.32. The van der Waals surface area contributed by atoms with Crippen molar-refractivity contribution in [1.29, 1.82) is 0 Å². The Bertz CT molecular complexity index is 260. The lowest BCUT2D eigenvalue weighted by atomic mass is 10.2. The molecule has 0 saturated carbocycles. The summed E-state index contributed by atoms with van der Waals surface area (Å²) in [4.78, 5) is 0. The molecule has 0 radical (unpaired) electrons. The van der Waals surface area contributed by atoms with Gasteiger partial charge in [0.1, 0.15) is 0 Å². The van der Waals surface area contributed by atoms with E-state index in [-0.39, 0.29) is 0 Å². The smallest absolute Gasteiger partial charge is 0.0701 e. The molecule has 0 aromatic rings. The predicted octanol–water partition coefficient (Wildman–Crippen LogP) is 3.31. The van der Waals surface area contributed by atoms with Crippen molar-refractivity contribution in [2.75, 3.05) is 98.4 Å². The monoisotopic (exact) mass is 442 g/mol. The molecule has 0 aliphatic carbocycles. The van der Waals surface area contributed by atoms with Crippen molar-refractivity contribution in [3.8, 4) is 0 Å². The highest BCUT2D eigenvalue weighted by molar-refractivity contribution is 6.17. The number of rotatable bonds is 26. The first-order valence-electron chi connectivity index (χ1n) is 11.0. The quantitative estimate of drug-likeness (QED) is 0.150. The number of halogens is 1. The van der Waals surface area contributed by atoms with E-state index in [0.717, 1.165) is 13.0 Å². The van der Waals surface area contributed by atoms with E-state index in [1.54, 1.807) is 0 Å². The van der Waals surface area contributed by atoms with Gasteiger partial charge in [-0.25, -0.2) is 0 Å². The van der Waals surface area contributed by atoms with E-state index in [2.05, 4.69) is 6.92 Å². The average molecular weight is 443 g/mol. The third-order valence-electron chi connectivity index (χ3n) is 3.85. The van der Waals surface area contributed by atoms with Crippen molar-refractivity contribution in [1.82, 2.24) is 0 Å². The largest absolute Gasteiger partial charge is 0.379 e. The third kappa shape index (κ3) is 28.0. The van der Waals surface area contributed by atoms with E-state index in [4.69, 9.17) is 44.8 Å². The van der Waals surface area contributed by atoms with Crippen LogP contribution in [-0.4, -0.2) is 98.4 Å². The van der Waals surface area contributed by atoms with Crippen molar-refractivity contribution < 1.29 is 33.2 Å². The summed E-state index contributed by atoms with van der Waals surface area (Å²) in [5.41, 5.74) is 0. The van der Waals surface area contributed by atoms with Gasteiger partial charge in [-0.1, -0.05) is 32.6 Å². The lowest BCUT2D eigenvalue weighted by Gasteiger charge is -2.08. The molecule has 7 nitrogen and oxygen atoms in total. The summed E-state index contributed by atoms with van der Waals surface area (Å²) in [7, 11) is 0. The molecule has 0 atom stereocenters. The topological polar surface area (TPSA) is 64.6 Å². The molecular weight excluding hydrogens is 400 g/mol. The second kappa shape index (κ2) is 28.0. The molecule has 0 aliphatic heterocycles. The summed E-state index contributed by atoms with van der Waals surface area (Å²) in [5, 5.41) is 0. The second-order valence-corrected chi connectivity index (χ2v) is 6.77. The molecule has 8 heteroatoms. The Kier molecular flexibility index (Phi) is 28.0. The molecule has 0 unspecified atom stereocenters. The molecule has 0 heterocycles. The van der Waals surface area contributed by atoms with Crippen molar-refractivity contribution in [2.24, 2.45) is 0 Å². The van der Waals surface area contributed by atoms with E-state index in [1.807, 2.05) is 0 Å². The SMILES string of the molecule is CCCCCCCOCCOCCOCCOCCOCCOCCOCCCl. The molecule has 0 saturated heterocycles. The zero-order valence-electron chi connectivity index (χ0n) is 18.4. The minimum Gasteiger partial charge on any atom is -0.379 e. The van der Waals surface area contributed by atoms with Crippen LogP contribution in [-0.2, 0) is 33.2 Å². The summed E-state index contributed by atoms with van der Waals surface area (Å²) in [6.45, 7) is 10.5. The molecule has 0 fully saturated rings. The van der Waals surface area contributed by atoms with Crippen LogP contribution in [0.2, 0.25) is 0 Å². The molecule has 0 aromatic heterocycles. The Morgan fingerprint density at radius 1 is 0.379 bits per heavy atom. The Balaban J connectivity index is 2.97. The van der Waals surface area contributed by atoms with Crippen LogP contribution >= 0.6 is 11.6 Å². The van der Waals surface area contributed by atoms with Gasteiger partial charge in [0, 0.05) is 12.5 Å². The van der Waals surface area contributed by atoms with E-state index in [1.165, 1.54) is 25.7 Å². The highest BCUT2D eigenvalue weighted by atomic mass is 35.5. The van der Waals surface area contributed by atoms with E-state index < -0.39 is 0 Å². The number of hydrogen-bond acceptors (Lipinski definition) is 7. The van der Waals surface area contributed by atoms with Gasteiger partial charge in [0.05, 0.1) is 85.9 Å². The average Bonchev–Trinajstić information content (AvgIpc) is 2.74. The van der Waals surface area contributed by atoms with Crippen LogP contribution in [0, 0.1) is 0 Å². The van der Waals surface area contributed by atoms with E-state index in [9.17, 15) is 0 Å². The van der Waals surface area contributed by atoms with Crippen LogP contribution in [0.15, 0.2) is 0 Å². The van der Waals surface area contributed by atoms with E-state index >= 15 is 0 Å². The Labute approximate surface area is 182 Å². The molecule has 0 N–H and O–H groups in total. The molecule has 0 aliphatic rings. The maximum Gasteiger partial charge on any atom is 0.0701 e. The number of alkyl halides is 1. The molecule has 29 heavy (non-hydrogen) atoms. The first kappa shape index (κ1) is 29.0. The molecule has 176 valence electrons. The minimum absolute atomic E-state index is 0.511. The van der Waals surface area contributed by atoms with Gasteiger partial charge in [-0.3, -0.25) is 0 Å². The normalized spacial score (nSPS) is 11.4. The maximum absolute atomic E-state index is 5.53. The molecule has 0 rings (SSSR count). The van der Waals surface area contributed by atoms with Gasteiger partial charge in [-0.2, -0.15) is 0 Å². The first-order valence-corrected chi connectivity index (χ1v) is 11.6. The molecular formula is C21H43ClO7. The lowest BCUT2D eigenvalue weighted by molar-refractivity contribution is -0.0201. The number of unbranched alkanes of at least 4 members (excludes halogenated alkanes) is 4. The van der Waals surface area contributed by atoms with E-state index in [0.29, 0.717) is 91.8 Å². The van der Waals surface area contributed by atoms with Crippen LogP contribution in [0.5, 0.6) is 0 Å². The Morgan fingerprint density at radius 3 is 1.03 bits per heavy atom. The van der Waals surface area contributed by atoms with Crippen LogP contribution in [0.1, 0.15) is 39.0 Å². The van der Waals surface area contributed by atoms with Crippen LogP contribution in [0.25, 0.3) is 0 Å². The third-order valence-corrected chi connectivity index (χ3v) is 4.00. The highest BCUT2D eigenvalue weighted by Crippen LogP contribution is 2.02. The fraction of sp³-hybridized carbons (Fsp3) is 1.00. The van der Waals surface area contributed by atoms with Crippen molar-refractivity contribution >= 4 is 11.6 Å².